The molecule has 3 heterocycles. The maximum absolute atomic E-state index is 4.58. The number of para-hydroxylation sites is 4. The van der Waals surface area contributed by atoms with Gasteiger partial charge >= 0.3 is 0 Å². The minimum Gasteiger partial charge on any atom is -0.361 e. The summed E-state index contributed by atoms with van der Waals surface area (Å²) in [5, 5.41) is 11.6. The van der Waals surface area contributed by atoms with Crippen molar-refractivity contribution in [1.29, 1.82) is 0 Å². The molecule has 4 aromatic carbocycles. The lowest BCUT2D eigenvalue weighted by atomic mass is 10.1. The molecule has 0 aliphatic heterocycles. The summed E-state index contributed by atoms with van der Waals surface area (Å²) in [5.74, 6) is 0. The Morgan fingerprint density at radius 2 is 1.06 bits per heavy atom. The van der Waals surface area contributed by atoms with E-state index in [2.05, 4.69) is 56.6 Å². The summed E-state index contributed by atoms with van der Waals surface area (Å²) in [6, 6.07) is 36.9. The molecule has 0 bridgehead atoms. The van der Waals surface area contributed by atoms with Gasteiger partial charge in [0.15, 0.2) is 0 Å². The Hall–Kier alpha value is -4.44. The van der Waals surface area contributed by atoms with Crippen molar-refractivity contribution >= 4 is 43.6 Å². The summed E-state index contributed by atoms with van der Waals surface area (Å²) in [4.78, 5) is 7.70. The van der Waals surface area contributed by atoms with E-state index < -0.39 is 0 Å². The molecular weight excluding hydrogens is 392 g/mol. The van der Waals surface area contributed by atoms with Crippen molar-refractivity contribution in [2.24, 2.45) is 0 Å². The molecule has 0 fully saturated rings. The van der Waals surface area contributed by atoms with Gasteiger partial charge in [0.1, 0.15) is 0 Å². The van der Waals surface area contributed by atoms with E-state index in [0.29, 0.717) is 0 Å². The highest BCUT2D eigenvalue weighted by atomic mass is 15.1. The fourth-order valence-electron chi connectivity index (χ4n) is 3.60. The van der Waals surface area contributed by atoms with Crippen LogP contribution in [0.25, 0.3) is 43.6 Å². The van der Waals surface area contributed by atoms with E-state index in [-0.39, 0.29) is 0 Å². The number of H-pyrrole nitrogens is 2. The first-order valence-corrected chi connectivity index (χ1v) is 10.5. The van der Waals surface area contributed by atoms with E-state index >= 15 is 0 Å². The molecular formula is C28H22N4. The molecule has 0 aliphatic rings. The highest BCUT2D eigenvalue weighted by Crippen LogP contribution is 2.18. The summed E-state index contributed by atoms with van der Waals surface area (Å²) in [6.45, 7) is 0. The van der Waals surface area contributed by atoms with Crippen LogP contribution in [0.3, 0.4) is 0 Å². The molecule has 0 atom stereocenters. The molecule has 2 N–H and O–H groups in total. The SMILES string of the molecule is c1ccc2[nH]ccc2c1.c1ccc2[nH]ncc2c1.c1ccc2nc3ccccc3cc2c1. The molecule has 7 rings (SSSR count). The zero-order valence-corrected chi connectivity index (χ0v) is 17.4. The van der Waals surface area contributed by atoms with Crippen molar-refractivity contribution in [3.8, 4) is 0 Å². The molecule has 4 nitrogen and oxygen atoms in total. The van der Waals surface area contributed by atoms with Gasteiger partial charge in [0.05, 0.1) is 22.7 Å². The molecule has 32 heavy (non-hydrogen) atoms. The van der Waals surface area contributed by atoms with E-state index in [1.165, 1.54) is 21.7 Å². The third kappa shape index (κ3) is 4.35. The van der Waals surface area contributed by atoms with Crippen LogP contribution >= 0.6 is 0 Å². The van der Waals surface area contributed by atoms with Crippen molar-refractivity contribution in [2.75, 3.05) is 0 Å². The molecule has 154 valence electrons. The fourth-order valence-corrected chi connectivity index (χ4v) is 3.60. The molecule has 0 aliphatic carbocycles. The smallest absolute Gasteiger partial charge is 0.0709 e. The topological polar surface area (TPSA) is 57.4 Å². The van der Waals surface area contributed by atoms with E-state index in [9.17, 15) is 0 Å². The average Bonchev–Trinajstić information content (AvgIpc) is 3.53. The van der Waals surface area contributed by atoms with Crippen LogP contribution in [0.1, 0.15) is 0 Å². The van der Waals surface area contributed by atoms with E-state index in [1.54, 1.807) is 0 Å². The van der Waals surface area contributed by atoms with Gasteiger partial charge in [-0.15, -0.1) is 0 Å². The Balaban J connectivity index is 0.000000106. The Morgan fingerprint density at radius 3 is 1.72 bits per heavy atom. The maximum atomic E-state index is 4.58. The Labute approximate surface area is 185 Å². The molecule has 0 radical (unpaired) electrons. The Kier molecular flexibility index (Phi) is 5.58. The number of hydrogen-bond acceptors (Lipinski definition) is 2. The van der Waals surface area contributed by atoms with Gasteiger partial charge in [-0.1, -0.05) is 72.8 Å². The first-order valence-electron chi connectivity index (χ1n) is 10.5. The first kappa shape index (κ1) is 19.5. The molecule has 0 amide bonds. The molecule has 4 heteroatoms. The first-order chi connectivity index (χ1) is 15.9. The van der Waals surface area contributed by atoms with Crippen LogP contribution in [0.5, 0.6) is 0 Å². The van der Waals surface area contributed by atoms with Crippen molar-refractivity contribution in [3.63, 3.8) is 0 Å². The van der Waals surface area contributed by atoms with Crippen LogP contribution in [0.4, 0.5) is 0 Å². The minimum atomic E-state index is 1.06. The molecule has 7 aromatic rings. The van der Waals surface area contributed by atoms with Crippen LogP contribution in [0.2, 0.25) is 0 Å². The van der Waals surface area contributed by atoms with Crippen LogP contribution in [0, 0.1) is 0 Å². The lowest BCUT2D eigenvalue weighted by Gasteiger charge is -1.99. The summed E-state index contributed by atoms with van der Waals surface area (Å²) < 4.78 is 0. The van der Waals surface area contributed by atoms with Crippen LogP contribution < -0.4 is 0 Å². The quantitative estimate of drug-likeness (QED) is 0.260. The standard InChI is InChI=1S/C13H9N.C8H7N.C7H6N2/c1-3-7-12-10(5-1)9-11-6-2-4-8-13(11)14-12;1-2-4-8-7(3-1)5-6-9-8;1-2-4-7-6(3-1)5-8-9-7/h1-9H;1-6,9H;1-5H,(H,8,9). The normalized spacial score (nSPS) is 10.5. The number of aromatic amines is 2. The second kappa shape index (κ2) is 9.14. The number of hydrogen-bond donors (Lipinski definition) is 2. The molecule has 0 saturated heterocycles. The van der Waals surface area contributed by atoms with Gasteiger partial charge in [-0.2, -0.15) is 5.10 Å². The van der Waals surface area contributed by atoms with E-state index in [1.807, 2.05) is 85.2 Å². The number of pyridine rings is 1. The second-order valence-corrected chi connectivity index (χ2v) is 7.40. The molecule has 0 unspecified atom stereocenters. The molecule has 0 spiro atoms. The predicted octanol–water partition coefficient (Wildman–Crippen LogP) is 7.12. The Morgan fingerprint density at radius 1 is 0.500 bits per heavy atom. The van der Waals surface area contributed by atoms with Crippen LogP contribution in [0.15, 0.2) is 122 Å². The fraction of sp³-hybridized carbons (Fsp3) is 0. The molecule has 3 aromatic heterocycles. The highest BCUT2D eigenvalue weighted by molar-refractivity contribution is 5.92. The van der Waals surface area contributed by atoms with Crippen molar-refractivity contribution in [2.45, 2.75) is 0 Å². The van der Waals surface area contributed by atoms with Gasteiger partial charge in [-0.25, -0.2) is 4.98 Å². The van der Waals surface area contributed by atoms with Crippen molar-refractivity contribution in [3.05, 3.63) is 122 Å². The van der Waals surface area contributed by atoms with Gasteiger partial charge in [-0.05, 0) is 41.8 Å². The summed E-state index contributed by atoms with van der Waals surface area (Å²) >= 11 is 0. The van der Waals surface area contributed by atoms with Gasteiger partial charge < -0.3 is 4.98 Å². The predicted molar refractivity (Wildman–Crippen MR) is 134 cm³/mol. The number of rotatable bonds is 0. The molecule has 0 saturated carbocycles. The number of nitrogens with zero attached hydrogens (tertiary/aromatic N) is 2. The van der Waals surface area contributed by atoms with E-state index in [0.717, 1.165) is 21.9 Å². The van der Waals surface area contributed by atoms with Crippen LogP contribution in [-0.4, -0.2) is 20.2 Å². The monoisotopic (exact) mass is 414 g/mol. The number of benzene rings is 4. The number of aromatic nitrogens is 4. The zero-order chi connectivity index (χ0) is 21.6. The maximum Gasteiger partial charge on any atom is 0.0709 e. The van der Waals surface area contributed by atoms with E-state index in [4.69, 9.17) is 0 Å². The third-order valence-corrected chi connectivity index (χ3v) is 5.24. The largest absolute Gasteiger partial charge is 0.361 e. The summed E-state index contributed by atoms with van der Waals surface area (Å²) in [7, 11) is 0. The zero-order valence-electron chi connectivity index (χ0n) is 17.4. The number of nitrogens with one attached hydrogen (secondary N) is 2. The second-order valence-electron chi connectivity index (χ2n) is 7.40. The Bertz CT molecular complexity index is 1360. The lowest BCUT2D eigenvalue weighted by Crippen LogP contribution is -1.80. The number of fused-ring (bicyclic) bond motifs is 4. The van der Waals surface area contributed by atoms with Crippen molar-refractivity contribution in [1.82, 2.24) is 20.2 Å². The lowest BCUT2D eigenvalue weighted by molar-refractivity contribution is 1.12. The van der Waals surface area contributed by atoms with Crippen LogP contribution in [-0.2, 0) is 0 Å². The minimum absolute atomic E-state index is 1.06. The summed E-state index contributed by atoms with van der Waals surface area (Å²) in [5.41, 5.74) is 4.42. The average molecular weight is 415 g/mol. The van der Waals surface area contributed by atoms with Gasteiger partial charge in [-0.3, -0.25) is 5.10 Å². The van der Waals surface area contributed by atoms with Gasteiger partial charge in [0, 0.05) is 27.9 Å². The van der Waals surface area contributed by atoms with Gasteiger partial charge in [0.2, 0.25) is 0 Å². The van der Waals surface area contributed by atoms with Gasteiger partial charge in [0.25, 0.3) is 0 Å². The highest BCUT2D eigenvalue weighted by Gasteiger charge is 1.96. The third-order valence-electron chi connectivity index (χ3n) is 5.24. The summed E-state index contributed by atoms with van der Waals surface area (Å²) in [6.07, 6.45) is 3.76. The van der Waals surface area contributed by atoms with Crippen molar-refractivity contribution < 1.29 is 0 Å².